The first-order valence-electron chi connectivity index (χ1n) is 6.53. The molecule has 2 rings (SSSR count). The summed E-state index contributed by atoms with van der Waals surface area (Å²) >= 11 is 0. The van der Waals surface area contributed by atoms with Gasteiger partial charge in [0.1, 0.15) is 5.75 Å². The van der Waals surface area contributed by atoms with E-state index in [1.54, 1.807) is 12.1 Å². The number of hydrogen-bond donors (Lipinski definition) is 0. The molecule has 6 heteroatoms. The Balaban J connectivity index is 2.23. The van der Waals surface area contributed by atoms with Crippen LogP contribution in [-0.4, -0.2) is 24.9 Å². The molecule has 110 valence electrons. The molecule has 0 aromatic heterocycles. The third-order valence-corrected chi connectivity index (χ3v) is 3.97. The van der Waals surface area contributed by atoms with E-state index < -0.39 is 24.9 Å². The second-order valence-corrected chi connectivity index (χ2v) is 5.99. The molecule has 1 aromatic carbocycles. The Labute approximate surface area is 118 Å². The second-order valence-electron chi connectivity index (χ2n) is 5.99. The van der Waals surface area contributed by atoms with Crippen LogP contribution >= 0.6 is 0 Å². The highest BCUT2D eigenvalue weighted by Gasteiger charge is 2.52. The van der Waals surface area contributed by atoms with Crippen molar-refractivity contribution in [2.45, 2.75) is 52.4 Å². The fourth-order valence-corrected chi connectivity index (χ4v) is 2.06. The van der Waals surface area contributed by atoms with Gasteiger partial charge in [0.05, 0.1) is 11.2 Å². The lowest BCUT2D eigenvalue weighted by molar-refractivity contribution is -0.0498. The van der Waals surface area contributed by atoms with Crippen LogP contribution in [0.25, 0.3) is 0 Å². The average molecular weight is 284 g/mol. The third-order valence-electron chi connectivity index (χ3n) is 3.97. The molecule has 1 aliphatic rings. The van der Waals surface area contributed by atoms with Crippen molar-refractivity contribution >= 4 is 12.6 Å². The van der Waals surface area contributed by atoms with Crippen LogP contribution in [0.15, 0.2) is 18.2 Å². The predicted octanol–water partition coefficient (Wildman–Crippen LogP) is 2.90. The minimum absolute atomic E-state index is 0.137. The highest BCUT2D eigenvalue weighted by Crippen LogP contribution is 2.36. The standard InChI is InChI=1S/C14H19BF2O3/c1-9-8-10(18-12(16)17)6-7-11(9)15-19-13(2,3)14(4,5)20-15/h6-8,12H,1-5H3. The molecule has 0 radical (unpaired) electrons. The van der Waals surface area contributed by atoms with E-state index in [1.807, 2.05) is 34.6 Å². The molecule has 1 saturated heterocycles. The van der Waals surface area contributed by atoms with Gasteiger partial charge in [0, 0.05) is 0 Å². The summed E-state index contributed by atoms with van der Waals surface area (Å²) in [5.41, 5.74) is 0.761. The fraction of sp³-hybridized carbons (Fsp3) is 0.571. The van der Waals surface area contributed by atoms with Gasteiger partial charge in [-0.05, 0) is 57.8 Å². The number of ether oxygens (including phenoxy) is 1. The topological polar surface area (TPSA) is 27.7 Å². The molecule has 0 aliphatic carbocycles. The zero-order valence-corrected chi connectivity index (χ0v) is 12.4. The van der Waals surface area contributed by atoms with Crippen molar-refractivity contribution in [3.05, 3.63) is 23.8 Å². The number of halogens is 2. The maximum Gasteiger partial charge on any atom is 0.495 e. The summed E-state index contributed by atoms with van der Waals surface area (Å²) < 4.78 is 40.6. The molecule has 3 nitrogen and oxygen atoms in total. The summed E-state index contributed by atoms with van der Waals surface area (Å²) in [6, 6.07) is 4.77. The molecule has 0 atom stereocenters. The number of aryl methyl sites for hydroxylation is 1. The Morgan fingerprint density at radius 2 is 1.65 bits per heavy atom. The van der Waals surface area contributed by atoms with Gasteiger partial charge in [-0.2, -0.15) is 8.78 Å². The van der Waals surface area contributed by atoms with Gasteiger partial charge in [-0.25, -0.2) is 0 Å². The Kier molecular flexibility index (Phi) is 3.82. The Morgan fingerprint density at radius 1 is 1.10 bits per heavy atom. The second kappa shape index (κ2) is 5.00. The smallest absolute Gasteiger partial charge is 0.435 e. The van der Waals surface area contributed by atoms with Gasteiger partial charge in [0.25, 0.3) is 0 Å². The van der Waals surface area contributed by atoms with Gasteiger partial charge in [0.2, 0.25) is 0 Å². The SMILES string of the molecule is Cc1cc(OC(F)F)ccc1B1OC(C)(C)C(C)(C)O1. The van der Waals surface area contributed by atoms with E-state index in [0.717, 1.165) is 11.0 Å². The van der Waals surface area contributed by atoms with Crippen molar-refractivity contribution in [2.75, 3.05) is 0 Å². The average Bonchev–Trinajstić information content (AvgIpc) is 2.46. The predicted molar refractivity (Wildman–Crippen MR) is 73.5 cm³/mol. The summed E-state index contributed by atoms with van der Waals surface area (Å²) in [6.07, 6.45) is 0. The quantitative estimate of drug-likeness (QED) is 0.799. The van der Waals surface area contributed by atoms with Crippen LogP contribution in [0.4, 0.5) is 8.78 Å². The van der Waals surface area contributed by atoms with Crippen molar-refractivity contribution in [1.82, 2.24) is 0 Å². The van der Waals surface area contributed by atoms with Crippen molar-refractivity contribution in [3.8, 4) is 5.75 Å². The molecule has 0 spiro atoms. The van der Waals surface area contributed by atoms with E-state index >= 15 is 0 Å². The van der Waals surface area contributed by atoms with Gasteiger partial charge >= 0.3 is 13.7 Å². The van der Waals surface area contributed by atoms with Crippen molar-refractivity contribution in [2.24, 2.45) is 0 Å². The lowest BCUT2D eigenvalue weighted by Gasteiger charge is -2.32. The fourth-order valence-electron chi connectivity index (χ4n) is 2.06. The van der Waals surface area contributed by atoms with E-state index in [-0.39, 0.29) is 5.75 Å². The van der Waals surface area contributed by atoms with Crippen LogP contribution in [0.1, 0.15) is 33.3 Å². The van der Waals surface area contributed by atoms with E-state index in [9.17, 15) is 8.78 Å². The summed E-state index contributed by atoms with van der Waals surface area (Å²) in [6.45, 7) is 6.87. The molecule has 0 bridgehead atoms. The molecule has 0 amide bonds. The van der Waals surface area contributed by atoms with Crippen LogP contribution in [0.2, 0.25) is 0 Å². The van der Waals surface area contributed by atoms with Crippen LogP contribution in [0.3, 0.4) is 0 Å². The van der Waals surface area contributed by atoms with Gasteiger partial charge in [0.15, 0.2) is 0 Å². The zero-order chi connectivity index (χ0) is 15.1. The summed E-state index contributed by atoms with van der Waals surface area (Å²) in [5.74, 6) is 0.137. The normalized spacial score (nSPS) is 20.5. The first kappa shape index (κ1) is 15.3. The summed E-state index contributed by atoms with van der Waals surface area (Å²) in [7, 11) is -0.499. The van der Waals surface area contributed by atoms with E-state index in [0.29, 0.717) is 0 Å². The van der Waals surface area contributed by atoms with Crippen LogP contribution in [0, 0.1) is 6.92 Å². The van der Waals surface area contributed by atoms with E-state index in [2.05, 4.69) is 4.74 Å². The molecule has 1 aromatic rings. The molecule has 1 fully saturated rings. The van der Waals surface area contributed by atoms with Crippen molar-refractivity contribution in [1.29, 1.82) is 0 Å². The van der Waals surface area contributed by atoms with Gasteiger partial charge in [-0.3, -0.25) is 0 Å². The van der Waals surface area contributed by atoms with Crippen LogP contribution < -0.4 is 10.2 Å². The minimum atomic E-state index is -2.82. The summed E-state index contributed by atoms with van der Waals surface area (Å²) in [4.78, 5) is 0. The third kappa shape index (κ3) is 2.81. The Hall–Kier alpha value is -1.14. The maximum atomic E-state index is 12.2. The van der Waals surface area contributed by atoms with Gasteiger partial charge in [-0.15, -0.1) is 0 Å². The lowest BCUT2D eigenvalue weighted by atomic mass is 9.76. The molecule has 20 heavy (non-hydrogen) atoms. The Morgan fingerprint density at radius 3 is 2.10 bits per heavy atom. The molecule has 0 N–H and O–H groups in total. The molecule has 0 saturated carbocycles. The lowest BCUT2D eigenvalue weighted by Crippen LogP contribution is -2.41. The van der Waals surface area contributed by atoms with Gasteiger partial charge in [-0.1, -0.05) is 6.07 Å². The number of alkyl halides is 2. The maximum absolute atomic E-state index is 12.2. The van der Waals surface area contributed by atoms with Crippen molar-refractivity contribution < 1.29 is 22.8 Å². The molecule has 1 heterocycles. The van der Waals surface area contributed by atoms with E-state index in [1.165, 1.54) is 6.07 Å². The first-order valence-corrected chi connectivity index (χ1v) is 6.53. The summed E-state index contributed by atoms with van der Waals surface area (Å²) in [5, 5.41) is 0. The minimum Gasteiger partial charge on any atom is -0.435 e. The molecular formula is C14H19BF2O3. The first-order chi connectivity index (χ1) is 9.12. The highest BCUT2D eigenvalue weighted by molar-refractivity contribution is 6.62. The molecule has 0 unspecified atom stereocenters. The largest absolute Gasteiger partial charge is 0.495 e. The van der Waals surface area contributed by atoms with Gasteiger partial charge < -0.3 is 14.0 Å². The number of rotatable bonds is 3. The zero-order valence-electron chi connectivity index (χ0n) is 12.4. The van der Waals surface area contributed by atoms with Crippen molar-refractivity contribution in [3.63, 3.8) is 0 Å². The van der Waals surface area contributed by atoms with E-state index in [4.69, 9.17) is 9.31 Å². The molecular weight excluding hydrogens is 265 g/mol. The van der Waals surface area contributed by atoms with Crippen LogP contribution in [-0.2, 0) is 9.31 Å². The highest BCUT2D eigenvalue weighted by atomic mass is 19.3. The Bertz CT molecular complexity index is 487. The monoisotopic (exact) mass is 284 g/mol. The number of benzene rings is 1. The van der Waals surface area contributed by atoms with Crippen LogP contribution in [0.5, 0.6) is 5.75 Å². The number of hydrogen-bond acceptors (Lipinski definition) is 3. The molecule has 1 aliphatic heterocycles.